The Morgan fingerprint density at radius 3 is 2.18 bits per heavy atom. The van der Waals surface area contributed by atoms with Gasteiger partial charge in [0.15, 0.2) is 0 Å². The Bertz CT molecular complexity index is 427. The minimum absolute atomic E-state index is 0.276. The lowest BCUT2D eigenvalue weighted by Crippen LogP contribution is -2.31. The summed E-state index contributed by atoms with van der Waals surface area (Å²) in [7, 11) is 0. The van der Waals surface area contributed by atoms with Gasteiger partial charge in [-0.2, -0.15) is 5.48 Å². The molecule has 88 valence electrons. The Labute approximate surface area is 102 Å². The molecule has 2 aromatic rings. The van der Waals surface area contributed by atoms with Crippen LogP contribution in [0.3, 0.4) is 0 Å². The minimum atomic E-state index is 0.276. The van der Waals surface area contributed by atoms with Gasteiger partial charge in [0, 0.05) is 6.04 Å². The quantitative estimate of drug-likeness (QED) is 0.792. The zero-order valence-electron chi connectivity index (χ0n) is 9.97. The molecule has 1 unspecified atom stereocenters. The van der Waals surface area contributed by atoms with E-state index in [9.17, 15) is 0 Å². The van der Waals surface area contributed by atoms with Gasteiger partial charge >= 0.3 is 0 Å². The Morgan fingerprint density at radius 2 is 1.53 bits per heavy atom. The normalized spacial score (nSPS) is 12.1. The highest BCUT2D eigenvalue weighted by atomic mass is 16.6. The van der Waals surface area contributed by atoms with Gasteiger partial charge in [-0.3, -0.25) is 0 Å². The van der Waals surface area contributed by atoms with E-state index in [-0.39, 0.29) is 6.04 Å². The van der Waals surface area contributed by atoms with Crippen LogP contribution in [0, 0.1) is 0 Å². The van der Waals surface area contributed by atoms with Crippen LogP contribution < -0.4 is 10.3 Å². The summed E-state index contributed by atoms with van der Waals surface area (Å²) in [5, 5.41) is 0. The molecule has 2 heteroatoms. The van der Waals surface area contributed by atoms with Crippen LogP contribution in [0.2, 0.25) is 0 Å². The summed E-state index contributed by atoms with van der Waals surface area (Å²) >= 11 is 0. The maximum Gasteiger partial charge on any atom is 0.147 e. The van der Waals surface area contributed by atoms with Gasteiger partial charge in [0.05, 0.1) is 0 Å². The van der Waals surface area contributed by atoms with Crippen molar-refractivity contribution in [2.75, 3.05) is 0 Å². The lowest BCUT2D eigenvalue weighted by atomic mass is 10.1. The topological polar surface area (TPSA) is 21.3 Å². The van der Waals surface area contributed by atoms with Crippen LogP contribution in [0.25, 0.3) is 0 Å². The number of nitrogens with one attached hydrogen (secondary N) is 1. The van der Waals surface area contributed by atoms with Crippen LogP contribution in [0.5, 0.6) is 5.75 Å². The number of rotatable bonds is 5. The lowest BCUT2D eigenvalue weighted by Gasteiger charge is -2.14. The van der Waals surface area contributed by atoms with Crippen LogP contribution in [0.15, 0.2) is 60.7 Å². The number of hydrogen-bond donors (Lipinski definition) is 1. The van der Waals surface area contributed by atoms with Crippen LogP contribution in [-0.2, 0) is 6.42 Å². The van der Waals surface area contributed by atoms with Crippen molar-refractivity contribution in [1.82, 2.24) is 5.48 Å². The highest BCUT2D eigenvalue weighted by Gasteiger charge is 2.03. The summed E-state index contributed by atoms with van der Waals surface area (Å²) < 4.78 is 0. The molecule has 2 rings (SSSR count). The zero-order chi connectivity index (χ0) is 11.9. The Balaban J connectivity index is 1.80. The number of hydroxylamine groups is 1. The molecule has 0 spiro atoms. The van der Waals surface area contributed by atoms with E-state index in [2.05, 4.69) is 36.7 Å². The summed E-state index contributed by atoms with van der Waals surface area (Å²) in [4.78, 5) is 5.49. The smallest absolute Gasteiger partial charge is 0.147 e. The third kappa shape index (κ3) is 3.93. The highest BCUT2D eigenvalue weighted by Crippen LogP contribution is 2.08. The first-order valence-electron chi connectivity index (χ1n) is 5.86. The van der Waals surface area contributed by atoms with Gasteiger partial charge in [0.25, 0.3) is 0 Å². The van der Waals surface area contributed by atoms with Gasteiger partial charge < -0.3 is 4.84 Å². The highest BCUT2D eigenvalue weighted by molar-refractivity contribution is 5.20. The summed E-state index contributed by atoms with van der Waals surface area (Å²) in [5.41, 5.74) is 4.36. The van der Waals surface area contributed by atoms with Crippen LogP contribution in [-0.4, -0.2) is 6.04 Å². The molecule has 0 aliphatic heterocycles. The number of para-hydroxylation sites is 1. The second-order valence-corrected chi connectivity index (χ2v) is 4.12. The second-order valence-electron chi connectivity index (χ2n) is 4.12. The molecule has 0 radical (unpaired) electrons. The molecule has 0 amide bonds. The van der Waals surface area contributed by atoms with Gasteiger partial charge in [0.1, 0.15) is 5.75 Å². The average Bonchev–Trinajstić information content (AvgIpc) is 2.39. The lowest BCUT2D eigenvalue weighted by molar-refractivity contribution is 0.161. The van der Waals surface area contributed by atoms with Crippen LogP contribution in [0.1, 0.15) is 12.5 Å². The van der Waals surface area contributed by atoms with Crippen LogP contribution >= 0.6 is 0 Å². The van der Waals surface area contributed by atoms with Crippen molar-refractivity contribution in [3.8, 4) is 5.75 Å². The molecule has 0 saturated carbocycles. The third-order valence-electron chi connectivity index (χ3n) is 2.51. The fraction of sp³-hybridized carbons (Fsp3) is 0.200. The number of hydrogen-bond acceptors (Lipinski definition) is 2. The van der Waals surface area contributed by atoms with E-state index in [1.165, 1.54) is 5.56 Å². The van der Waals surface area contributed by atoms with Gasteiger partial charge in [-0.1, -0.05) is 48.5 Å². The molecule has 2 nitrogen and oxygen atoms in total. The van der Waals surface area contributed by atoms with E-state index in [0.29, 0.717) is 0 Å². The maximum atomic E-state index is 5.49. The second kappa shape index (κ2) is 6.06. The van der Waals surface area contributed by atoms with Gasteiger partial charge in [0.2, 0.25) is 0 Å². The molecule has 1 atom stereocenters. The van der Waals surface area contributed by atoms with Gasteiger partial charge in [-0.25, -0.2) is 0 Å². The van der Waals surface area contributed by atoms with Gasteiger partial charge in [-0.05, 0) is 31.0 Å². The molecular weight excluding hydrogens is 210 g/mol. The monoisotopic (exact) mass is 227 g/mol. The first kappa shape index (κ1) is 11.7. The molecule has 17 heavy (non-hydrogen) atoms. The molecule has 2 aromatic carbocycles. The van der Waals surface area contributed by atoms with Crippen molar-refractivity contribution in [3.05, 3.63) is 66.2 Å². The van der Waals surface area contributed by atoms with E-state index in [1.807, 2.05) is 36.4 Å². The Kier molecular flexibility index (Phi) is 4.17. The number of benzene rings is 2. The zero-order valence-corrected chi connectivity index (χ0v) is 9.97. The minimum Gasteiger partial charge on any atom is -0.408 e. The van der Waals surface area contributed by atoms with Gasteiger partial charge in [-0.15, -0.1) is 0 Å². The fourth-order valence-corrected chi connectivity index (χ4v) is 1.67. The van der Waals surface area contributed by atoms with Crippen molar-refractivity contribution < 1.29 is 4.84 Å². The Hall–Kier alpha value is -1.80. The fourth-order valence-electron chi connectivity index (χ4n) is 1.67. The van der Waals surface area contributed by atoms with Crippen molar-refractivity contribution in [2.45, 2.75) is 19.4 Å². The molecule has 0 heterocycles. The molecule has 1 N–H and O–H groups in total. The molecule has 0 bridgehead atoms. The molecular formula is C15H17NO. The summed E-state index contributed by atoms with van der Waals surface area (Å²) in [6.07, 6.45) is 0.952. The summed E-state index contributed by atoms with van der Waals surface area (Å²) in [6, 6.07) is 20.4. The average molecular weight is 227 g/mol. The van der Waals surface area contributed by atoms with E-state index < -0.39 is 0 Å². The van der Waals surface area contributed by atoms with E-state index in [1.54, 1.807) is 0 Å². The van der Waals surface area contributed by atoms with Crippen LogP contribution in [0.4, 0.5) is 0 Å². The van der Waals surface area contributed by atoms with E-state index >= 15 is 0 Å². The molecule has 0 aliphatic rings. The predicted molar refractivity (Wildman–Crippen MR) is 69.8 cm³/mol. The van der Waals surface area contributed by atoms with Crippen molar-refractivity contribution in [2.24, 2.45) is 0 Å². The summed E-state index contributed by atoms with van der Waals surface area (Å²) in [6.45, 7) is 2.11. The molecule has 0 aromatic heterocycles. The van der Waals surface area contributed by atoms with Crippen molar-refractivity contribution in [1.29, 1.82) is 0 Å². The molecule has 0 aliphatic carbocycles. The van der Waals surface area contributed by atoms with E-state index in [0.717, 1.165) is 12.2 Å². The van der Waals surface area contributed by atoms with E-state index in [4.69, 9.17) is 4.84 Å². The summed E-state index contributed by atoms with van der Waals surface area (Å²) in [5.74, 6) is 0.840. The largest absolute Gasteiger partial charge is 0.408 e. The first-order chi connectivity index (χ1) is 8.34. The molecule has 0 fully saturated rings. The SMILES string of the molecule is CC(Cc1ccccc1)NOc1ccccc1. The van der Waals surface area contributed by atoms with Crippen molar-refractivity contribution in [3.63, 3.8) is 0 Å². The van der Waals surface area contributed by atoms with Crippen molar-refractivity contribution >= 4 is 0 Å². The first-order valence-corrected chi connectivity index (χ1v) is 5.86. The Morgan fingerprint density at radius 1 is 0.941 bits per heavy atom. The third-order valence-corrected chi connectivity index (χ3v) is 2.51. The maximum absolute atomic E-state index is 5.49. The standard InChI is InChI=1S/C15H17NO/c1-13(12-14-8-4-2-5-9-14)16-17-15-10-6-3-7-11-15/h2-11,13,16H,12H2,1H3. The molecule has 0 saturated heterocycles. The predicted octanol–water partition coefficient (Wildman–Crippen LogP) is 3.20.